The Kier molecular flexibility index (Phi) is 5.54. The lowest BCUT2D eigenvalue weighted by Gasteiger charge is -2.41. The summed E-state index contributed by atoms with van der Waals surface area (Å²) in [6.07, 6.45) is 16.0. The van der Waals surface area contributed by atoms with Gasteiger partial charge in [-0.1, -0.05) is 39.5 Å². The molecule has 0 bridgehead atoms. The molecule has 0 atom stereocenters. The van der Waals surface area contributed by atoms with Gasteiger partial charge in [-0.05, 0) is 56.3 Å². The Labute approximate surface area is 114 Å². The average Bonchev–Trinajstić information content (AvgIpc) is 3.20. The fraction of sp³-hybridized carbons (Fsp3) is 1.00. The summed E-state index contributed by atoms with van der Waals surface area (Å²) in [5, 5.41) is 3.81. The quantitative estimate of drug-likeness (QED) is 0.646. The molecule has 0 aliphatic heterocycles. The van der Waals surface area contributed by atoms with Gasteiger partial charge in [-0.2, -0.15) is 0 Å². The summed E-state index contributed by atoms with van der Waals surface area (Å²) in [6.45, 7) is 6.00. The maximum Gasteiger partial charge on any atom is 0.00684 e. The molecule has 1 heteroatoms. The number of unbranched alkanes of at least 4 members (excludes halogenated alkanes) is 1. The smallest absolute Gasteiger partial charge is 0.00684 e. The van der Waals surface area contributed by atoms with Crippen molar-refractivity contribution in [2.24, 2.45) is 11.3 Å². The fourth-order valence-electron chi connectivity index (χ4n) is 3.77. The van der Waals surface area contributed by atoms with Gasteiger partial charge in [-0.3, -0.25) is 0 Å². The Morgan fingerprint density at radius 3 is 2.28 bits per heavy atom. The van der Waals surface area contributed by atoms with E-state index in [-0.39, 0.29) is 0 Å². The average molecular weight is 251 g/mol. The van der Waals surface area contributed by atoms with E-state index in [2.05, 4.69) is 19.2 Å². The van der Waals surface area contributed by atoms with E-state index in [4.69, 9.17) is 0 Å². The zero-order chi connectivity index (χ0) is 12.8. The fourth-order valence-corrected chi connectivity index (χ4v) is 3.77. The van der Waals surface area contributed by atoms with E-state index in [9.17, 15) is 0 Å². The monoisotopic (exact) mass is 251 g/mol. The molecule has 1 N–H and O–H groups in total. The van der Waals surface area contributed by atoms with Crippen molar-refractivity contribution in [1.29, 1.82) is 0 Å². The Morgan fingerprint density at radius 1 is 1.00 bits per heavy atom. The van der Waals surface area contributed by atoms with E-state index in [1.807, 2.05) is 0 Å². The minimum absolute atomic E-state index is 0.667. The number of rotatable bonds is 8. The summed E-state index contributed by atoms with van der Waals surface area (Å²) in [6, 6.07) is 0.886. The Balaban J connectivity index is 1.76. The summed E-state index contributed by atoms with van der Waals surface area (Å²) in [7, 11) is 0. The van der Waals surface area contributed by atoms with Crippen LogP contribution in [0.1, 0.15) is 84.5 Å². The second kappa shape index (κ2) is 6.93. The zero-order valence-corrected chi connectivity index (χ0v) is 12.6. The Hall–Kier alpha value is -0.0400. The predicted molar refractivity (Wildman–Crippen MR) is 79.8 cm³/mol. The summed E-state index contributed by atoms with van der Waals surface area (Å²) in [4.78, 5) is 0. The molecule has 0 unspecified atom stereocenters. The van der Waals surface area contributed by atoms with Crippen molar-refractivity contribution >= 4 is 0 Å². The van der Waals surface area contributed by atoms with Crippen LogP contribution in [0.15, 0.2) is 0 Å². The van der Waals surface area contributed by atoms with Crippen LogP contribution in [-0.4, -0.2) is 12.6 Å². The molecule has 0 spiro atoms. The number of hydrogen-bond acceptors (Lipinski definition) is 1. The maximum absolute atomic E-state index is 3.81. The minimum Gasteiger partial charge on any atom is -0.313 e. The van der Waals surface area contributed by atoms with Crippen molar-refractivity contribution in [2.45, 2.75) is 90.5 Å². The second-order valence-electron chi connectivity index (χ2n) is 6.99. The third kappa shape index (κ3) is 4.26. The van der Waals surface area contributed by atoms with Crippen LogP contribution in [0.4, 0.5) is 0 Å². The van der Waals surface area contributed by atoms with Gasteiger partial charge in [0.2, 0.25) is 0 Å². The number of nitrogens with one attached hydrogen (secondary N) is 1. The molecule has 2 fully saturated rings. The van der Waals surface area contributed by atoms with Crippen LogP contribution in [0, 0.1) is 11.3 Å². The topological polar surface area (TPSA) is 12.0 Å². The highest BCUT2D eigenvalue weighted by Crippen LogP contribution is 2.43. The van der Waals surface area contributed by atoms with Crippen LogP contribution in [0.25, 0.3) is 0 Å². The van der Waals surface area contributed by atoms with Crippen LogP contribution in [0.3, 0.4) is 0 Å². The third-order valence-electron chi connectivity index (χ3n) is 5.26. The molecule has 0 radical (unpaired) electrons. The van der Waals surface area contributed by atoms with Gasteiger partial charge < -0.3 is 5.32 Å². The molecule has 1 nitrogen and oxygen atoms in total. The normalized spacial score (nSPS) is 32.7. The first-order valence-electron chi connectivity index (χ1n) is 8.51. The molecule has 0 aromatic carbocycles. The highest BCUT2D eigenvalue weighted by atomic mass is 15.0. The van der Waals surface area contributed by atoms with Gasteiger partial charge in [0.05, 0.1) is 0 Å². The van der Waals surface area contributed by atoms with Crippen molar-refractivity contribution in [3.8, 4) is 0 Å². The van der Waals surface area contributed by atoms with Crippen LogP contribution < -0.4 is 5.32 Å². The van der Waals surface area contributed by atoms with Gasteiger partial charge in [0.25, 0.3) is 0 Å². The van der Waals surface area contributed by atoms with Gasteiger partial charge in [-0.15, -0.1) is 0 Å². The minimum atomic E-state index is 0.667. The van der Waals surface area contributed by atoms with Gasteiger partial charge in [0.1, 0.15) is 0 Å². The largest absolute Gasteiger partial charge is 0.313 e. The van der Waals surface area contributed by atoms with E-state index in [0.29, 0.717) is 5.41 Å². The summed E-state index contributed by atoms with van der Waals surface area (Å²) < 4.78 is 0. The first-order chi connectivity index (χ1) is 8.78. The molecule has 2 aliphatic rings. The van der Waals surface area contributed by atoms with Crippen molar-refractivity contribution in [2.75, 3.05) is 6.54 Å². The maximum atomic E-state index is 3.81. The second-order valence-corrected chi connectivity index (χ2v) is 6.99. The number of hydrogen-bond donors (Lipinski definition) is 1. The predicted octanol–water partition coefficient (Wildman–Crippen LogP) is 4.91. The molecule has 0 amide bonds. The zero-order valence-electron chi connectivity index (χ0n) is 12.6. The van der Waals surface area contributed by atoms with E-state index < -0.39 is 0 Å². The van der Waals surface area contributed by atoms with Gasteiger partial charge in [-0.25, -0.2) is 0 Å². The molecule has 2 rings (SSSR count). The van der Waals surface area contributed by atoms with E-state index in [0.717, 1.165) is 12.0 Å². The van der Waals surface area contributed by atoms with E-state index in [1.165, 1.54) is 77.2 Å². The molecule has 0 aromatic heterocycles. The molecule has 106 valence electrons. The molecular weight excluding hydrogens is 218 g/mol. The summed E-state index contributed by atoms with van der Waals surface area (Å²) >= 11 is 0. The lowest BCUT2D eigenvalue weighted by molar-refractivity contribution is 0.126. The van der Waals surface area contributed by atoms with Crippen LogP contribution in [-0.2, 0) is 0 Å². The first-order valence-corrected chi connectivity index (χ1v) is 8.51. The standard InChI is InChI=1S/C17H33N/c1-3-5-6-15-9-12-17(11-4-2,13-10-15)14-18-16-7-8-16/h15-16,18H,3-14H2,1-2H3. The molecule has 0 aromatic rings. The molecule has 2 saturated carbocycles. The van der Waals surface area contributed by atoms with Crippen molar-refractivity contribution < 1.29 is 0 Å². The third-order valence-corrected chi connectivity index (χ3v) is 5.26. The van der Waals surface area contributed by atoms with Crippen LogP contribution in [0.2, 0.25) is 0 Å². The molecule has 0 saturated heterocycles. The highest BCUT2D eigenvalue weighted by molar-refractivity contribution is 4.90. The van der Waals surface area contributed by atoms with E-state index in [1.54, 1.807) is 0 Å². The van der Waals surface area contributed by atoms with Crippen molar-refractivity contribution in [3.63, 3.8) is 0 Å². The first kappa shape index (κ1) is 14.4. The molecule has 18 heavy (non-hydrogen) atoms. The van der Waals surface area contributed by atoms with E-state index >= 15 is 0 Å². The van der Waals surface area contributed by atoms with Crippen LogP contribution >= 0.6 is 0 Å². The molecular formula is C17H33N. The van der Waals surface area contributed by atoms with Crippen molar-refractivity contribution in [1.82, 2.24) is 5.32 Å². The van der Waals surface area contributed by atoms with Crippen LogP contribution in [0.5, 0.6) is 0 Å². The summed E-state index contributed by atoms with van der Waals surface area (Å²) in [5.74, 6) is 1.05. The SMILES string of the molecule is CCCCC1CCC(CCC)(CNC2CC2)CC1. The molecule has 0 heterocycles. The lowest BCUT2D eigenvalue weighted by Crippen LogP contribution is -2.38. The Bertz CT molecular complexity index is 224. The highest BCUT2D eigenvalue weighted by Gasteiger charge is 2.35. The lowest BCUT2D eigenvalue weighted by atomic mass is 9.67. The van der Waals surface area contributed by atoms with Gasteiger partial charge >= 0.3 is 0 Å². The Morgan fingerprint density at radius 2 is 1.72 bits per heavy atom. The van der Waals surface area contributed by atoms with Gasteiger partial charge in [0.15, 0.2) is 0 Å². The molecule has 2 aliphatic carbocycles. The summed E-state index contributed by atoms with van der Waals surface area (Å²) in [5.41, 5.74) is 0.667. The van der Waals surface area contributed by atoms with Gasteiger partial charge in [0, 0.05) is 12.6 Å². The van der Waals surface area contributed by atoms with Crippen molar-refractivity contribution in [3.05, 3.63) is 0 Å².